The van der Waals surface area contributed by atoms with E-state index in [0.717, 1.165) is 12.8 Å². The molecule has 19 heavy (non-hydrogen) atoms. The first-order valence-electron chi connectivity index (χ1n) is 6.73. The first-order chi connectivity index (χ1) is 9.09. The van der Waals surface area contributed by atoms with Gasteiger partial charge in [0, 0.05) is 19.0 Å². The number of benzene rings is 1. The van der Waals surface area contributed by atoms with Gasteiger partial charge in [0.05, 0.1) is 4.90 Å². The van der Waals surface area contributed by atoms with Crippen LogP contribution in [-0.2, 0) is 15.9 Å². The zero-order chi connectivity index (χ0) is 13.9. The minimum atomic E-state index is -3.42. The summed E-state index contributed by atoms with van der Waals surface area (Å²) in [6.45, 7) is 3.03. The molecular weight excluding hydrogens is 282 g/mol. The third kappa shape index (κ3) is 3.12. The molecule has 0 amide bonds. The fourth-order valence-electron chi connectivity index (χ4n) is 2.37. The van der Waals surface area contributed by atoms with Gasteiger partial charge in [0.1, 0.15) is 0 Å². The predicted octanol–water partition coefficient (Wildman–Crippen LogP) is 3.24. The normalized spacial score (nSPS) is 16.6. The van der Waals surface area contributed by atoms with Gasteiger partial charge in [-0.05, 0) is 30.4 Å². The van der Waals surface area contributed by atoms with Gasteiger partial charge in [0.2, 0.25) is 10.0 Å². The van der Waals surface area contributed by atoms with Crippen LogP contribution in [0.2, 0.25) is 0 Å². The van der Waals surface area contributed by atoms with Crippen molar-refractivity contribution in [1.82, 2.24) is 4.31 Å². The van der Waals surface area contributed by atoms with Gasteiger partial charge < -0.3 is 0 Å². The van der Waals surface area contributed by atoms with Crippen LogP contribution in [0.25, 0.3) is 0 Å². The van der Waals surface area contributed by atoms with Crippen LogP contribution in [0.3, 0.4) is 0 Å². The lowest BCUT2D eigenvalue weighted by Crippen LogP contribution is -2.37. The average Bonchev–Trinajstić information content (AvgIpc) is 2.37. The van der Waals surface area contributed by atoms with Crippen molar-refractivity contribution in [2.24, 2.45) is 5.92 Å². The van der Waals surface area contributed by atoms with E-state index < -0.39 is 10.0 Å². The Balaban J connectivity index is 2.28. The quantitative estimate of drug-likeness (QED) is 0.757. The molecule has 2 rings (SSSR count). The summed E-state index contributed by atoms with van der Waals surface area (Å²) in [5.41, 5.74) is 0.677. The highest BCUT2D eigenvalue weighted by atomic mass is 35.5. The van der Waals surface area contributed by atoms with Crippen molar-refractivity contribution >= 4 is 21.6 Å². The number of sulfonamides is 1. The Labute approximate surface area is 120 Å². The van der Waals surface area contributed by atoms with Crippen molar-refractivity contribution in [1.29, 1.82) is 0 Å². The minimum absolute atomic E-state index is 0.219. The molecule has 0 aliphatic heterocycles. The average molecular weight is 302 g/mol. The van der Waals surface area contributed by atoms with Gasteiger partial charge in [-0.15, -0.1) is 11.6 Å². The smallest absolute Gasteiger partial charge is 0.207 e. The zero-order valence-corrected chi connectivity index (χ0v) is 12.8. The second-order valence-corrected chi connectivity index (χ2v) is 7.17. The molecule has 106 valence electrons. The molecule has 1 aliphatic carbocycles. The molecule has 1 aromatic rings. The summed E-state index contributed by atoms with van der Waals surface area (Å²) in [6, 6.07) is 6.99. The molecule has 0 heterocycles. The summed E-state index contributed by atoms with van der Waals surface area (Å²) >= 11 is 5.85. The highest BCUT2D eigenvalue weighted by Gasteiger charge is 2.29. The van der Waals surface area contributed by atoms with Gasteiger partial charge in [0.15, 0.2) is 0 Å². The van der Waals surface area contributed by atoms with Gasteiger partial charge in [0.25, 0.3) is 0 Å². The van der Waals surface area contributed by atoms with Crippen LogP contribution in [-0.4, -0.2) is 25.8 Å². The molecule has 0 aromatic heterocycles. The lowest BCUT2D eigenvalue weighted by Gasteiger charge is -2.31. The Hall–Kier alpha value is -0.580. The number of hydrogen-bond donors (Lipinski definition) is 0. The highest BCUT2D eigenvalue weighted by Crippen LogP contribution is 2.30. The fourth-order valence-corrected chi connectivity index (χ4v) is 4.43. The number of alkyl halides is 1. The van der Waals surface area contributed by atoms with Crippen molar-refractivity contribution in [3.63, 3.8) is 0 Å². The van der Waals surface area contributed by atoms with Gasteiger partial charge >= 0.3 is 0 Å². The van der Waals surface area contributed by atoms with Gasteiger partial charge in [-0.1, -0.05) is 31.5 Å². The molecule has 0 saturated heterocycles. The molecular formula is C14H20ClNO2S. The maximum Gasteiger partial charge on any atom is 0.243 e. The molecule has 0 unspecified atom stereocenters. The van der Waals surface area contributed by atoms with E-state index in [1.165, 1.54) is 6.42 Å². The maximum atomic E-state index is 12.7. The largest absolute Gasteiger partial charge is 0.243 e. The third-order valence-electron chi connectivity index (χ3n) is 3.77. The summed E-state index contributed by atoms with van der Waals surface area (Å²) in [6.07, 6.45) is 3.51. The second-order valence-electron chi connectivity index (χ2n) is 4.99. The number of hydrogen-bond acceptors (Lipinski definition) is 2. The van der Waals surface area contributed by atoms with Crippen LogP contribution in [0, 0.1) is 5.92 Å². The van der Waals surface area contributed by atoms with E-state index in [1.807, 2.05) is 13.0 Å². The number of rotatable bonds is 6. The van der Waals surface area contributed by atoms with Crippen molar-refractivity contribution in [3.05, 3.63) is 29.8 Å². The van der Waals surface area contributed by atoms with Crippen LogP contribution >= 0.6 is 11.6 Å². The molecule has 0 spiro atoms. The molecule has 0 atom stereocenters. The van der Waals surface area contributed by atoms with E-state index >= 15 is 0 Å². The Bertz CT molecular complexity index is 526. The van der Waals surface area contributed by atoms with Crippen molar-refractivity contribution in [2.75, 3.05) is 13.1 Å². The van der Waals surface area contributed by atoms with Crippen LogP contribution < -0.4 is 0 Å². The zero-order valence-electron chi connectivity index (χ0n) is 11.2. The van der Waals surface area contributed by atoms with E-state index in [1.54, 1.807) is 22.5 Å². The molecule has 1 fully saturated rings. The molecule has 0 radical (unpaired) electrons. The Morgan fingerprint density at radius 1 is 1.32 bits per heavy atom. The first-order valence-corrected chi connectivity index (χ1v) is 8.71. The van der Waals surface area contributed by atoms with E-state index in [9.17, 15) is 8.42 Å². The summed E-state index contributed by atoms with van der Waals surface area (Å²) in [5, 5.41) is 0. The first kappa shape index (κ1) is 14.8. The van der Waals surface area contributed by atoms with E-state index in [4.69, 9.17) is 11.6 Å². The topological polar surface area (TPSA) is 37.4 Å². The fraction of sp³-hybridized carbons (Fsp3) is 0.571. The molecule has 1 saturated carbocycles. The predicted molar refractivity (Wildman–Crippen MR) is 77.8 cm³/mol. The number of nitrogens with zero attached hydrogens (tertiary/aromatic N) is 1. The van der Waals surface area contributed by atoms with E-state index in [2.05, 4.69) is 0 Å². The SMILES string of the molecule is CCN(CC1CCC1)S(=O)(=O)c1ccccc1CCl. The van der Waals surface area contributed by atoms with Crippen LogP contribution in [0.1, 0.15) is 31.7 Å². The molecule has 1 aliphatic rings. The maximum absolute atomic E-state index is 12.7. The Kier molecular flexibility index (Phi) is 4.87. The summed E-state index contributed by atoms with van der Waals surface area (Å²) in [7, 11) is -3.42. The standard InChI is InChI=1S/C14H20ClNO2S/c1-2-16(11-12-6-5-7-12)19(17,18)14-9-4-3-8-13(14)10-15/h3-4,8-9,12H,2,5-7,10-11H2,1H3. The van der Waals surface area contributed by atoms with Gasteiger partial charge in [-0.2, -0.15) is 4.31 Å². The lowest BCUT2D eigenvalue weighted by molar-refractivity contribution is 0.250. The van der Waals surface area contributed by atoms with Crippen LogP contribution in [0.15, 0.2) is 29.2 Å². The second kappa shape index (κ2) is 6.25. The molecule has 1 aromatic carbocycles. The lowest BCUT2D eigenvalue weighted by atomic mass is 9.85. The minimum Gasteiger partial charge on any atom is -0.207 e. The number of halogens is 1. The summed E-state index contributed by atoms with van der Waals surface area (Å²) in [5.74, 6) is 0.744. The van der Waals surface area contributed by atoms with Crippen LogP contribution in [0.4, 0.5) is 0 Å². The van der Waals surface area contributed by atoms with Crippen molar-refractivity contribution in [2.45, 2.75) is 37.0 Å². The third-order valence-corrected chi connectivity index (χ3v) is 6.10. The monoisotopic (exact) mass is 301 g/mol. The van der Waals surface area contributed by atoms with Crippen molar-refractivity contribution in [3.8, 4) is 0 Å². The van der Waals surface area contributed by atoms with Gasteiger partial charge in [-0.3, -0.25) is 0 Å². The highest BCUT2D eigenvalue weighted by molar-refractivity contribution is 7.89. The Morgan fingerprint density at radius 3 is 2.53 bits per heavy atom. The molecule has 5 heteroatoms. The molecule has 3 nitrogen and oxygen atoms in total. The van der Waals surface area contributed by atoms with E-state index in [-0.39, 0.29) is 5.88 Å². The molecule has 0 N–H and O–H groups in total. The van der Waals surface area contributed by atoms with Gasteiger partial charge in [-0.25, -0.2) is 8.42 Å². The summed E-state index contributed by atoms with van der Waals surface area (Å²) < 4.78 is 27.0. The van der Waals surface area contributed by atoms with Crippen LogP contribution in [0.5, 0.6) is 0 Å². The van der Waals surface area contributed by atoms with E-state index in [0.29, 0.717) is 29.5 Å². The Morgan fingerprint density at radius 2 is 2.00 bits per heavy atom. The summed E-state index contributed by atoms with van der Waals surface area (Å²) in [4.78, 5) is 0.353. The molecule has 0 bridgehead atoms. The van der Waals surface area contributed by atoms with Crippen molar-refractivity contribution < 1.29 is 8.42 Å².